The minimum atomic E-state index is 0.535. The summed E-state index contributed by atoms with van der Waals surface area (Å²) in [6, 6.07) is 0.748. The van der Waals surface area contributed by atoms with Crippen LogP contribution >= 0.6 is 0 Å². The van der Waals surface area contributed by atoms with E-state index in [1.165, 1.54) is 38.6 Å². The molecule has 0 radical (unpaired) electrons. The minimum Gasteiger partial charge on any atom is -0.313 e. The monoisotopic (exact) mass is 263 g/mol. The molecule has 0 heterocycles. The van der Waals surface area contributed by atoms with Gasteiger partial charge in [-0.15, -0.1) is 0 Å². The third-order valence-corrected chi connectivity index (χ3v) is 5.97. The van der Waals surface area contributed by atoms with Crippen molar-refractivity contribution in [3.63, 3.8) is 0 Å². The third kappa shape index (κ3) is 3.24. The van der Waals surface area contributed by atoms with Crippen molar-refractivity contribution < 1.29 is 0 Å². The predicted octanol–water partition coefficient (Wildman–Crippen LogP) is 4.78. The second kappa shape index (κ2) is 5.99. The Morgan fingerprint density at radius 3 is 2.63 bits per heavy atom. The lowest BCUT2D eigenvalue weighted by Crippen LogP contribution is -2.41. The van der Waals surface area contributed by atoms with Crippen LogP contribution in [0.1, 0.15) is 66.7 Å². The van der Waals surface area contributed by atoms with Crippen molar-refractivity contribution in [3.05, 3.63) is 11.6 Å². The van der Waals surface area contributed by atoms with Crippen LogP contribution in [0, 0.1) is 23.2 Å². The Labute approximate surface area is 120 Å². The number of hydrogen-bond donors (Lipinski definition) is 1. The molecule has 2 rings (SSSR count). The number of hydrogen-bond acceptors (Lipinski definition) is 1. The standard InChI is InChI=1S/C18H33N/c1-6-16-10-15(9-14(16)4)12-19-17-8-13(3)11-18(17,5)7-2/h6,13-15,17,19H,7-12H2,1-5H3/b16-6+/t13?,14-,15?,17?,18?/m1/s1. The summed E-state index contributed by atoms with van der Waals surface area (Å²) < 4.78 is 0. The fourth-order valence-corrected chi connectivity index (χ4v) is 4.57. The van der Waals surface area contributed by atoms with Gasteiger partial charge in [-0.1, -0.05) is 39.3 Å². The van der Waals surface area contributed by atoms with Gasteiger partial charge in [0.1, 0.15) is 0 Å². The van der Waals surface area contributed by atoms with Gasteiger partial charge in [0, 0.05) is 6.04 Å². The third-order valence-electron chi connectivity index (χ3n) is 5.97. The highest BCUT2D eigenvalue weighted by atomic mass is 14.9. The van der Waals surface area contributed by atoms with Gasteiger partial charge in [0.25, 0.3) is 0 Å². The molecule has 0 aliphatic heterocycles. The molecule has 0 aromatic carbocycles. The molecule has 1 nitrogen and oxygen atoms in total. The van der Waals surface area contributed by atoms with Gasteiger partial charge in [-0.2, -0.15) is 0 Å². The predicted molar refractivity (Wildman–Crippen MR) is 84.2 cm³/mol. The van der Waals surface area contributed by atoms with E-state index < -0.39 is 0 Å². The summed E-state index contributed by atoms with van der Waals surface area (Å²) in [6.45, 7) is 13.1. The molecule has 1 N–H and O–H groups in total. The van der Waals surface area contributed by atoms with E-state index in [-0.39, 0.29) is 0 Å². The summed E-state index contributed by atoms with van der Waals surface area (Å²) in [5.74, 6) is 2.59. The molecular formula is C18H33N. The summed E-state index contributed by atoms with van der Waals surface area (Å²) in [5, 5.41) is 3.93. The highest BCUT2D eigenvalue weighted by Gasteiger charge is 2.40. The van der Waals surface area contributed by atoms with Crippen LogP contribution in [-0.4, -0.2) is 12.6 Å². The average Bonchev–Trinajstić information content (AvgIpc) is 2.87. The van der Waals surface area contributed by atoms with Crippen molar-refractivity contribution in [2.75, 3.05) is 6.54 Å². The second-order valence-electron chi connectivity index (χ2n) is 7.58. The SMILES string of the molecule is C/C=C1\CC(CNC2CC(C)CC2(C)CC)C[C@H]1C. The van der Waals surface area contributed by atoms with E-state index in [1.54, 1.807) is 5.57 Å². The van der Waals surface area contributed by atoms with E-state index in [1.807, 2.05) is 0 Å². The summed E-state index contributed by atoms with van der Waals surface area (Å²) in [5.41, 5.74) is 2.22. The molecule has 0 spiro atoms. The lowest BCUT2D eigenvalue weighted by atomic mass is 9.81. The Balaban J connectivity index is 1.86. The zero-order valence-corrected chi connectivity index (χ0v) is 13.6. The first-order valence-corrected chi connectivity index (χ1v) is 8.37. The smallest absolute Gasteiger partial charge is 0.0123 e. The van der Waals surface area contributed by atoms with Crippen molar-refractivity contribution in [1.29, 1.82) is 0 Å². The van der Waals surface area contributed by atoms with E-state index >= 15 is 0 Å². The quantitative estimate of drug-likeness (QED) is 0.720. The molecule has 110 valence electrons. The number of nitrogens with one attached hydrogen (secondary N) is 1. The van der Waals surface area contributed by atoms with E-state index in [4.69, 9.17) is 0 Å². The first-order valence-electron chi connectivity index (χ1n) is 8.37. The van der Waals surface area contributed by atoms with Gasteiger partial charge in [0.05, 0.1) is 0 Å². The van der Waals surface area contributed by atoms with E-state index in [0.29, 0.717) is 5.41 Å². The maximum Gasteiger partial charge on any atom is 0.0123 e. The molecule has 2 aliphatic carbocycles. The zero-order valence-electron chi connectivity index (χ0n) is 13.6. The number of allylic oxidation sites excluding steroid dienone is 2. The fourth-order valence-electron chi connectivity index (χ4n) is 4.57. The summed E-state index contributed by atoms with van der Waals surface area (Å²) in [6.07, 6.45) is 9.16. The first-order chi connectivity index (χ1) is 8.98. The molecule has 2 saturated carbocycles. The Kier molecular flexibility index (Phi) is 4.76. The van der Waals surface area contributed by atoms with Crippen LogP contribution in [0.15, 0.2) is 11.6 Å². The molecule has 0 aromatic rings. The van der Waals surface area contributed by atoms with Crippen LogP contribution < -0.4 is 5.32 Å². The van der Waals surface area contributed by atoms with Crippen molar-refractivity contribution >= 4 is 0 Å². The maximum absolute atomic E-state index is 3.93. The van der Waals surface area contributed by atoms with Crippen LogP contribution in [-0.2, 0) is 0 Å². The highest BCUT2D eigenvalue weighted by Crippen LogP contribution is 2.44. The van der Waals surface area contributed by atoms with Gasteiger partial charge < -0.3 is 5.32 Å². The van der Waals surface area contributed by atoms with Crippen LogP contribution in [0.25, 0.3) is 0 Å². The first kappa shape index (κ1) is 15.1. The van der Waals surface area contributed by atoms with Crippen LogP contribution in [0.2, 0.25) is 0 Å². The second-order valence-corrected chi connectivity index (χ2v) is 7.58. The normalized spacial score (nSPS) is 45.2. The zero-order chi connectivity index (χ0) is 14.0. The molecule has 0 bridgehead atoms. The fraction of sp³-hybridized carbons (Fsp3) is 0.889. The lowest BCUT2D eigenvalue weighted by molar-refractivity contribution is 0.232. The van der Waals surface area contributed by atoms with Crippen LogP contribution in [0.5, 0.6) is 0 Å². The molecule has 19 heavy (non-hydrogen) atoms. The molecule has 0 saturated heterocycles. The molecule has 5 atom stereocenters. The van der Waals surface area contributed by atoms with Gasteiger partial charge in [-0.3, -0.25) is 0 Å². The van der Waals surface area contributed by atoms with E-state index in [0.717, 1.165) is 23.8 Å². The van der Waals surface area contributed by atoms with Gasteiger partial charge in [-0.25, -0.2) is 0 Å². The lowest BCUT2D eigenvalue weighted by Gasteiger charge is -2.32. The summed E-state index contributed by atoms with van der Waals surface area (Å²) in [4.78, 5) is 0. The molecule has 0 amide bonds. The largest absolute Gasteiger partial charge is 0.313 e. The Hall–Kier alpha value is -0.300. The summed E-state index contributed by atoms with van der Waals surface area (Å²) >= 11 is 0. The van der Waals surface area contributed by atoms with Crippen molar-refractivity contribution in [2.45, 2.75) is 72.8 Å². The number of rotatable bonds is 4. The van der Waals surface area contributed by atoms with Gasteiger partial charge >= 0.3 is 0 Å². The molecular weight excluding hydrogens is 230 g/mol. The average molecular weight is 263 g/mol. The topological polar surface area (TPSA) is 12.0 Å². The van der Waals surface area contributed by atoms with Crippen molar-refractivity contribution in [3.8, 4) is 0 Å². The van der Waals surface area contributed by atoms with Gasteiger partial charge in [-0.05, 0) is 68.7 Å². The van der Waals surface area contributed by atoms with E-state index in [9.17, 15) is 0 Å². The Morgan fingerprint density at radius 2 is 2.05 bits per heavy atom. The van der Waals surface area contributed by atoms with Gasteiger partial charge in [0.2, 0.25) is 0 Å². The maximum atomic E-state index is 3.93. The van der Waals surface area contributed by atoms with Crippen molar-refractivity contribution in [1.82, 2.24) is 5.32 Å². The summed E-state index contributed by atoms with van der Waals surface area (Å²) in [7, 11) is 0. The van der Waals surface area contributed by atoms with E-state index in [2.05, 4.69) is 46.0 Å². The molecule has 1 heteroatoms. The minimum absolute atomic E-state index is 0.535. The van der Waals surface area contributed by atoms with Crippen LogP contribution in [0.4, 0.5) is 0 Å². The van der Waals surface area contributed by atoms with Crippen LogP contribution in [0.3, 0.4) is 0 Å². The molecule has 2 fully saturated rings. The Bertz CT molecular complexity index is 333. The van der Waals surface area contributed by atoms with Crippen molar-refractivity contribution in [2.24, 2.45) is 23.2 Å². The molecule has 0 aromatic heterocycles. The highest BCUT2D eigenvalue weighted by molar-refractivity contribution is 5.11. The molecule has 2 aliphatic rings. The molecule has 4 unspecified atom stereocenters. The Morgan fingerprint density at radius 1 is 1.32 bits per heavy atom. The van der Waals surface area contributed by atoms with Gasteiger partial charge in [0.15, 0.2) is 0 Å².